The summed E-state index contributed by atoms with van der Waals surface area (Å²) in [6.45, 7) is 11.9. The molecule has 0 radical (unpaired) electrons. The van der Waals surface area contributed by atoms with Crippen LogP contribution < -0.4 is 0 Å². The van der Waals surface area contributed by atoms with Crippen molar-refractivity contribution in [3.63, 3.8) is 0 Å². The van der Waals surface area contributed by atoms with Gasteiger partial charge in [-0.05, 0) is 23.0 Å². The first-order valence-electron chi connectivity index (χ1n) is 5.89. The van der Waals surface area contributed by atoms with Gasteiger partial charge in [0.25, 0.3) is 0 Å². The van der Waals surface area contributed by atoms with E-state index in [1.165, 1.54) is 0 Å². The van der Waals surface area contributed by atoms with Crippen molar-refractivity contribution in [3.8, 4) is 0 Å². The Morgan fingerprint density at radius 3 is 1.53 bits per heavy atom. The van der Waals surface area contributed by atoms with Crippen LogP contribution in [0.5, 0.6) is 0 Å². The number of allylic oxidation sites excluding steroid dienone is 2. The number of carbonyl (C=O) groups excluding carboxylic acids is 1. The molecule has 0 aromatic heterocycles. The van der Waals surface area contributed by atoms with Crippen LogP contribution in [0.2, 0.25) is 0 Å². The van der Waals surface area contributed by atoms with Gasteiger partial charge in [-0.3, -0.25) is 4.79 Å². The molecule has 17 heavy (non-hydrogen) atoms. The van der Waals surface area contributed by atoms with Gasteiger partial charge in [0.05, 0.1) is 0 Å². The highest BCUT2D eigenvalue weighted by Crippen LogP contribution is 2.37. The highest BCUT2D eigenvalue weighted by atomic mass is 16.3. The normalized spacial score (nSPS) is 18.8. The SMILES string of the molecule is CC(C)(C)C1=CC(N=O)C=C(C(C)(C)C)C1=O. The number of Topliss-reactive ketones (excluding diaryl/α,β-unsaturated/α-hetero) is 1. The highest BCUT2D eigenvalue weighted by molar-refractivity contribution is 6.10. The third-order valence-electron chi connectivity index (χ3n) is 2.90. The molecule has 1 aliphatic rings. The van der Waals surface area contributed by atoms with E-state index >= 15 is 0 Å². The number of nitrogens with zero attached hydrogens (tertiary/aromatic N) is 1. The van der Waals surface area contributed by atoms with Gasteiger partial charge in [0.2, 0.25) is 0 Å². The van der Waals surface area contributed by atoms with Crippen LogP contribution in [-0.2, 0) is 4.79 Å². The quantitative estimate of drug-likeness (QED) is 0.651. The van der Waals surface area contributed by atoms with Crippen LogP contribution in [0.4, 0.5) is 0 Å². The highest BCUT2D eigenvalue weighted by Gasteiger charge is 2.35. The van der Waals surface area contributed by atoms with Crippen LogP contribution in [0.15, 0.2) is 28.5 Å². The summed E-state index contributed by atoms with van der Waals surface area (Å²) in [7, 11) is 0. The lowest BCUT2D eigenvalue weighted by Gasteiger charge is -2.31. The van der Waals surface area contributed by atoms with E-state index in [0.717, 1.165) is 0 Å². The smallest absolute Gasteiger partial charge is 0.185 e. The summed E-state index contributed by atoms with van der Waals surface area (Å²) in [6.07, 6.45) is 3.37. The Balaban J connectivity index is 3.27. The molecule has 0 aliphatic heterocycles. The van der Waals surface area contributed by atoms with E-state index in [2.05, 4.69) is 5.18 Å². The first-order chi connectivity index (χ1) is 7.57. The van der Waals surface area contributed by atoms with Crippen molar-refractivity contribution in [2.45, 2.75) is 47.6 Å². The molecule has 0 bridgehead atoms. The first kappa shape index (κ1) is 13.8. The van der Waals surface area contributed by atoms with E-state index in [0.29, 0.717) is 11.1 Å². The molecule has 0 spiro atoms. The maximum Gasteiger partial charge on any atom is 0.185 e. The second-order valence-corrected chi connectivity index (χ2v) is 6.59. The molecule has 3 heteroatoms. The molecule has 0 fully saturated rings. The average Bonchev–Trinajstić information content (AvgIpc) is 2.14. The summed E-state index contributed by atoms with van der Waals surface area (Å²) in [5.41, 5.74) is 0.860. The summed E-state index contributed by atoms with van der Waals surface area (Å²) in [4.78, 5) is 23.2. The van der Waals surface area contributed by atoms with Crippen molar-refractivity contribution in [2.24, 2.45) is 16.0 Å². The number of nitroso groups, excluding NO2 is 1. The van der Waals surface area contributed by atoms with E-state index in [-0.39, 0.29) is 16.6 Å². The zero-order valence-corrected chi connectivity index (χ0v) is 11.5. The average molecular weight is 235 g/mol. The number of carbonyl (C=O) groups is 1. The topological polar surface area (TPSA) is 46.5 Å². The summed E-state index contributed by atoms with van der Waals surface area (Å²) in [5.74, 6) is 0.0462. The van der Waals surface area contributed by atoms with Gasteiger partial charge in [-0.25, -0.2) is 0 Å². The largest absolute Gasteiger partial charge is 0.289 e. The van der Waals surface area contributed by atoms with Crippen LogP contribution in [0, 0.1) is 15.7 Å². The summed E-state index contributed by atoms with van der Waals surface area (Å²) < 4.78 is 0. The van der Waals surface area contributed by atoms with E-state index in [1.54, 1.807) is 12.2 Å². The zero-order chi connectivity index (χ0) is 13.4. The van der Waals surface area contributed by atoms with Crippen LogP contribution in [0.3, 0.4) is 0 Å². The maximum atomic E-state index is 12.4. The molecule has 94 valence electrons. The van der Waals surface area contributed by atoms with Gasteiger partial charge < -0.3 is 0 Å². The van der Waals surface area contributed by atoms with Crippen molar-refractivity contribution in [1.29, 1.82) is 0 Å². The number of hydrogen-bond donors (Lipinski definition) is 0. The fourth-order valence-electron chi connectivity index (χ4n) is 1.93. The van der Waals surface area contributed by atoms with Crippen molar-refractivity contribution in [3.05, 3.63) is 28.2 Å². The minimum atomic E-state index is -0.517. The Morgan fingerprint density at radius 2 is 1.29 bits per heavy atom. The number of ketones is 1. The van der Waals surface area contributed by atoms with Gasteiger partial charge >= 0.3 is 0 Å². The number of hydrogen-bond acceptors (Lipinski definition) is 3. The third kappa shape index (κ3) is 2.90. The molecule has 0 heterocycles. The zero-order valence-electron chi connectivity index (χ0n) is 11.5. The van der Waals surface area contributed by atoms with E-state index in [4.69, 9.17) is 0 Å². The van der Waals surface area contributed by atoms with Crippen molar-refractivity contribution >= 4 is 5.78 Å². The standard InChI is InChI=1S/C14H21NO2/c1-13(2,3)10-7-9(15-17)8-11(12(10)16)14(4,5)6/h7-9H,1-6H3. The molecule has 1 aliphatic carbocycles. The Hall–Kier alpha value is -1.25. The molecular weight excluding hydrogens is 214 g/mol. The molecule has 0 atom stereocenters. The Labute approximate surface area is 103 Å². The van der Waals surface area contributed by atoms with Gasteiger partial charge in [0.15, 0.2) is 5.78 Å². The van der Waals surface area contributed by atoms with Crippen LogP contribution in [0.1, 0.15) is 41.5 Å². The predicted octanol–water partition coefficient (Wildman–Crippen LogP) is 3.65. The number of rotatable bonds is 1. The predicted molar refractivity (Wildman–Crippen MR) is 69.7 cm³/mol. The molecule has 0 aromatic carbocycles. The van der Waals surface area contributed by atoms with Crippen LogP contribution in [-0.4, -0.2) is 11.8 Å². The molecule has 0 saturated heterocycles. The second kappa shape index (κ2) is 4.21. The minimum absolute atomic E-state index is 0.0462. The Kier molecular flexibility index (Phi) is 3.42. The first-order valence-corrected chi connectivity index (χ1v) is 5.89. The molecule has 3 nitrogen and oxygen atoms in total. The fourth-order valence-corrected chi connectivity index (χ4v) is 1.93. The molecule has 0 amide bonds. The summed E-state index contributed by atoms with van der Waals surface area (Å²) in [5, 5.41) is 3.05. The third-order valence-corrected chi connectivity index (χ3v) is 2.90. The van der Waals surface area contributed by atoms with E-state index in [1.807, 2.05) is 41.5 Å². The fraction of sp³-hybridized carbons (Fsp3) is 0.643. The van der Waals surface area contributed by atoms with E-state index < -0.39 is 6.04 Å². The van der Waals surface area contributed by atoms with E-state index in [9.17, 15) is 9.70 Å². The minimum Gasteiger partial charge on any atom is -0.289 e. The Morgan fingerprint density at radius 1 is 0.941 bits per heavy atom. The lowest BCUT2D eigenvalue weighted by molar-refractivity contribution is -0.114. The molecule has 1 rings (SSSR count). The maximum absolute atomic E-state index is 12.4. The molecular formula is C14H21NO2. The van der Waals surface area contributed by atoms with Crippen LogP contribution in [0.25, 0.3) is 0 Å². The van der Waals surface area contributed by atoms with Gasteiger partial charge in [-0.2, -0.15) is 0 Å². The molecule has 0 N–H and O–H groups in total. The lowest BCUT2D eigenvalue weighted by atomic mass is 9.72. The summed E-state index contributed by atoms with van der Waals surface area (Å²) in [6, 6.07) is -0.517. The van der Waals surface area contributed by atoms with Gasteiger partial charge in [0, 0.05) is 11.1 Å². The molecule has 0 unspecified atom stereocenters. The van der Waals surface area contributed by atoms with Gasteiger partial charge in [-0.15, -0.1) is 4.91 Å². The van der Waals surface area contributed by atoms with Crippen LogP contribution >= 0.6 is 0 Å². The van der Waals surface area contributed by atoms with Gasteiger partial charge in [-0.1, -0.05) is 46.7 Å². The van der Waals surface area contributed by atoms with Crippen molar-refractivity contribution < 1.29 is 4.79 Å². The summed E-state index contributed by atoms with van der Waals surface area (Å²) >= 11 is 0. The van der Waals surface area contributed by atoms with Gasteiger partial charge in [0.1, 0.15) is 6.04 Å². The Bertz CT molecular complexity index is 369. The molecule has 0 aromatic rings. The monoisotopic (exact) mass is 235 g/mol. The van der Waals surface area contributed by atoms with Crippen molar-refractivity contribution in [2.75, 3.05) is 0 Å². The lowest BCUT2D eigenvalue weighted by Crippen LogP contribution is -2.30. The molecule has 0 saturated carbocycles. The second-order valence-electron chi connectivity index (χ2n) is 6.59. The van der Waals surface area contributed by atoms with Crippen molar-refractivity contribution in [1.82, 2.24) is 0 Å².